The number of aromatic hydroxyl groups is 2. The van der Waals surface area contributed by atoms with Crippen molar-refractivity contribution in [2.75, 3.05) is 0 Å². The molecule has 4 aromatic rings. The summed E-state index contributed by atoms with van der Waals surface area (Å²) in [4.78, 5) is 21.8. The van der Waals surface area contributed by atoms with Crippen molar-refractivity contribution in [3.63, 3.8) is 0 Å². The Hall–Kier alpha value is -4.37. The zero-order valence-corrected chi connectivity index (χ0v) is 15.1. The first-order valence-electron chi connectivity index (χ1n) is 8.72. The quantitative estimate of drug-likeness (QED) is 0.420. The number of aromatic nitrogens is 3. The van der Waals surface area contributed by atoms with E-state index in [1.165, 1.54) is 22.8 Å². The summed E-state index contributed by atoms with van der Waals surface area (Å²) in [5.74, 6) is 2.86. The summed E-state index contributed by atoms with van der Waals surface area (Å²) >= 11 is 0. The molecule has 0 saturated carbocycles. The first-order chi connectivity index (χ1) is 14.1. The Labute approximate surface area is 166 Å². The maximum atomic E-state index is 13.2. The lowest BCUT2D eigenvalue weighted by atomic mass is 10.1. The fourth-order valence-corrected chi connectivity index (χ4v) is 2.94. The van der Waals surface area contributed by atoms with Crippen LogP contribution in [0.15, 0.2) is 65.6 Å². The maximum Gasteiger partial charge on any atom is 0.267 e. The molecule has 0 atom stereocenters. The largest absolute Gasteiger partial charge is 0.508 e. The van der Waals surface area contributed by atoms with Gasteiger partial charge in [-0.05, 0) is 66.7 Å². The van der Waals surface area contributed by atoms with Crippen molar-refractivity contribution in [2.45, 2.75) is 0 Å². The minimum atomic E-state index is -0.281. The molecule has 2 aromatic heterocycles. The minimum Gasteiger partial charge on any atom is -0.508 e. The van der Waals surface area contributed by atoms with E-state index in [1.54, 1.807) is 54.7 Å². The lowest BCUT2D eigenvalue weighted by molar-refractivity contribution is 0.459. The van der Waals surface area contributed by atoms with E-state index in [0.29, 0.717) is 33.7 Å². The maximum absolute atomic E-state index is 13.2. The minimum absolute atomic E-state index is 0.00904. The fraction of sp³-hybridized carbons (Fsp3) is 0. The molecular formula is C23H15N3O3. The molecule has 0 amide bonds. The van der Waals surface area contributed by atoms with Crippen LogP contribution in [0.5, 0.6) is 11.5 Å². The van der Waals surface area contributed by atoms with E-state index < -0.39 is 0 Å². The molecule has 0 radical (unpaired) electrons. The average molecular weight is 381 g/mol. The molecule has 0 saturated heterocycles. The van der Waals surface area contributed by atoms with Crippen LogP contribution in [-0.2, 0) is 0 Å². The predicted octanol–water partition coefficient (Wildman–Crippen LogP) is 3.34. The van der Waals surface area contributed by atoms with E-state index in [-0.39, 0.29) is 17.1 Å². The van der Waals surface area contributed by atoms with Gasteiger partial charge in [0.1, 0.15) is 17.3 Å². The molecule has 4 rings (SSSR count). The number of hydrogen-bond donors (Lipinski definition) is 2. The summed E-state index contributed by atoms with van der Waals surface area (Å²) in [6.07, 6.45) is 10.1. The number of fused-ring (bicyclic) bond motifs is 1. The van der Waals surface area contributed by atoms with Crippen molar-refractivity contribution < 1.29 is 10.2 Å². The number of rotatable bonds is 3. The number of phenolic OH excluding ortho intramolecular Hbond substituents is 2. The zero-order valence-electron chi connectivity index (χ0n) is 15.1. The van der Waals surface area contributed by atoms with Crippen molar-refractivity contribution in [3.05, 3.63) is 88.1 Å². The molecule has 6 nitrogen and oxygen atoms in total. The van der Waals surface area contributed by atoms with Gasteiger partial charge in [0.2, 0.25) is 0 Å². The van der Waals surface area contributed by atoms with Gasteiger partial charge in [-0.2, -0.15) is 0 Å². The van der Waals surface area contributed by atoms with E-state index in [9.17, 15) is 15.0 Å². The van der Waals surface area contributed by atoms with Crippen LogP contribution in [0.4, 0.5) is 0 Å². The number of hydrogen-bond acceptors (Lipinski definition) is 5. The monoisotopic (exact) mass is 381 g/mol. The highest BCUT2D eigenvalue weighted by Gasteiger charge is 2.12. The second-order valence-corrected chi connectivity index (χ2v) is 6.25. The first-order valence-corrected chi connectivity index (χ1v) is 8.72. The normalized spacial score (nSPS) is 11.0. The molecule has 0 spiro atoms. The van der Waals surface area contributed by atoms with Gasteiger partial charge in [0.05, 0.1) is 11.1 Å². The van der Waals surface area contributed by atoms with Gasteiger partial charge in [-0.15, -0.1) is 6.42 Å². The molecule has 2 aromatic carbocycles. The Morgan fingerprint density at radius 2 is 1.83 bits per heavy atom. The summed E-state index contributed by atoms with van der Waals surface area (Å²) in [7, 11) is 0. The predicted molar refractivity (Wildman–Crippen MR) is 112 cm³/mol. The zero-order chi connectivity index (χ0) is 20.4. The van der Waals surface area contributed by atoms with Crippen molar-refractivity contribution in [1.29, 1.82) is 0 Å². The van der Waals surface area contributed by atoms with Crippen LogP contribution in [0.25, 0.3) is 28.9 Å². The van der Waals surface area contributed by atoms with Gasteiger partial charge >= 0.3 is 0 Å². The Morgan fingerprint density at radius 3 is 2.59 bits per heavy atom. The van der Waals surface area contributed by atoms with Crippen molar-refractivity contribution in [2.24, 2.45) is 0 Å². The Morgan fingerprint density at radius 1 is 1.03 bits per heavy atom. The molecule has 0 bridgehead atoms. The average Bonchev–Trinajstić information content (AvgIpc) is 2.75. The van der Waals surface area contributed by atoms with Gasteiger partial charge in [-0.1, -0.05) is 5.92 Å². The molecule has 2 N–H and O–H groups in total. The summed E-state index contributed by atoms with van der Waals surface area (Å²) in [5.41, 5.74) is 1.70. The topological polar surface area (TPSA) is 88.2 Å². The fourth-order valence-electron chi connectivity index (χ4n) is 2.94. The number of pyridine rings is 1. The van der Waals surface area contributed by atoms with Crippen LogP contribution in [0.1, 0.15) is 17.0 Å². The van der Waals surface area contributed by atoms with Crippen LogP contribution < -0.4 is 5.56 Å². The van der Waals surface area contributed by atoms with E-state index in [2.05, 4.69) is 15.9 Å². The molecule has 29 heavy (non-hydrogen) atoms. The van der Waals surface area contributed by atoms with Gasteiger partial charge in [-0.3, -0.25) is 9.36 Å². The Kier molecular flexibility index (Phi) is 4.55. The van der Waals surface area contributed by atoms with Gasteiger partial charge < -0.3 is 10.2 Å². The van der Waals surface area contributed by atoms with E-state index in [1.807, 2.05) is 0 Å². The number of nitrogens with zero attached hydrogens (tertiary/aromatic N) is 3. The van der Waals surface area contributed by atoms with E-state index >= 15 is 0 Å². The molecular weight excluding hydrogens is 366 g/mol. The molecule has 0 aliphatic heterocycles. The lowest BCUT2D eigenvalue weighted by Gasteiger charge is -2.11. The summed E-state index contributed by atoms with van der Waals surface area (Å²) in [5, 5.41) is 20.0. The van der Waals surface area contributed by atoms with Gasteiger partial charge in [0, 0.05) is 17.3 Å². The molecule has 0 aliphatic carbocycles. The molecule has 6 heteroatoms. The van der Waals surface area contributed by atoms with Gasteiger partial charge in [0.25, 0.3) is 5.56 Å². The lowest BCUT2D eigenvalue weighted by Crippen LogP contribution is -2.22. The highest BCUT2D eigenvalue weighted by atomic mass is 16.3. The number of benzene rings is 2. The van der Waals surface area contributed by atoms with Crippen molar-refractivity contribution in [1.82, 2.24) is 14.5 Å². The molecule has 0 aliphatic rings. The second kappa shape index (κ2) is 7.33. The number of terminal acetylenes is 1. The molecule has 140 valence electrons. The van der Waals surface area contributed by atoms with Crippen LogP contribution in [-0.4, -0.2) is 24.7 Å². The standard InChI is InChI=1S/C23H15N3O3/c1-2-15-5-8-17(9-6-15)26-21(12-7-16-14-18(27)10-11-20(16)28)25-22-19(23(26)29)4-3-13-24-22/h1,3-14,27-28H/b12-7+. The Bertz CT molecular complexity index is 1350. The summed E-state index contributed by atoms with van der Waals surface area (Å²) < 4.78 is 1.45. The van der Waals surface area contributed by atoms with E-state index in [0.717, 1.165) is 0 Å². The summed E-state index contributed by atoms with van der Waals surface area (Å²) in [6.45, 7) is 0. The van der Waals surface area contributed by atoms with Gasteiger partial charge in [-0.25, -0.2) is 9.97 Å². The highest BCUT2D eigenvalue weighted by molar-refractivity contribution is 5.77. The number of phenols is 2. The van der Waals surface area contributed by atoms with E-state index in [4.69, 9.17) is 6.42 Å². The van der Waals surface area contributed by atoms with Crippen LogP contribution >= 0.6 is 0 Å². The van der Waals surface area contributed by atoms with Gasteiger partial charge in [0.15, 0.2) is 5.65 Å². The highest BCUT2D eigenvalue weighted by Crippen LogP contribution is 2.24. The van der Waals surface area contributed by atoms with Crippen molar-refractivity contribution in [3.8, 4) is 29.5 Å². The molecule has 0 unspecified atom stereocenters. The molecule has 2 heterocycles. The SMILES string of the molecule is C#Cc1ccc(-n2c(/C=C/c3cc(O)ccc3O)nc3ncccc3c2=O)cc1. The smallest absolute Gasteiger partial charge is 0.267 e. The molecule has 0 fully saturated rings. The third-order valence-electron chi connectivity index (χ3n) is 4.38. The van der Waals surface area contributed by atoms with Crippen LogP contribution in [0.2, 0.25) is 0 Å². The Balaban J connectivity index is 1.94. The third-order valence-corrected chi connectivity index (χ3v) is 4.38. The van der Waals surface area contributed by atoms with Crippen LogP contribution in [0.3, 0.4) is 0 Å². The van der Waals surface area contributed by atoms with Crippen molar-refractivity contribution >= 4 is 23.2 Å². The summed E-state index contributed by atoms with van der Waals surface area (Å²) in [6, 6.07) is 14.5. The second-order valence-electron chi connectivity index (χ2n) is 6.25. The first kappa shape index (κ1) is 18.0. The van der Waals surface area contributed by atoms with Crippen LogP contribution in [0, 0.1) is 12.3 Å². The third kappa shape index (κ3) is 3.45.